The second-order valence-corrected chi connectivity index (χ2v) is 14.7. The van der Waals surface area contributed by atoms with Gasteiger partial charge in [0.2, 0.25) is 11.9 Å². The second-order valence-electron chi connectivity index (χ2n) is 14.7. The first-order chi connectivity index (χ1) is 28.3. The highest BCUT2D eigenvalue weighted by Crippen LogP contribution is 2.63. The van der Waals surface area contributed by atoms with Gasteiger partial charge in [-0.2, -0.15) is 15.0 Å². The van der Waals surface area contributed by atoms with Crippen molar-refractivity contribution in [2.24, 2.45) is 0 Å². The van der Waals surface area contributed by atoms with E-state index in [9.17, 15) is 0 Å². The van der Waals surface area contributed by atoms with Crippen LogP contribution in [0, 0.1) is 0 Å². The van der Waals surface area contributed by atoms with Crippen molar-refractivity contribution in [2.75, 3.05) is 0 Å². The summed E-state index contributed by atoms with van der Waals surface area (Å²) >= 11 is 0. The molecule has 0 saturated heterocycles. The molecule has 0 bridgehead atoms. The number of pyridine rings is 3. The van der Waals surface area contributed by atoms with E-state index < -0.39 is 5.41 Å². The molecule has 6 aromatic heterocycles. The molecule has 0 atom stereocenters. The zero-order chi connectivity index (χ0) is 37.2. The maximum absolute atomic E-state index is 5.34. The van der Waals surface area contributed by atoms with Gasteiger partial charge in [-0.25, -0.2) is 19.5 Å². The zero-order valence-electron chi connectivity index (χ0n) is 30.2. The molecule has 0 N–H and O–H groups in total. The number of fused-ring (bicyclic) bond motifs is 16. The van der Waals surface area contributed by atoms with Crippen molar-refractivity contribution in [1.82, 2.24) is 39.0 Å². The summed E-state index contributed by atoms with van der Waals surface area (Å²) in [6.07, 6.45) is 5.41. The van der Waals surface area contributed by atoms with E-state index in [0.717, 1.165) is 49.6 Å². The Morgan fingerprint density at radius 1 is 0.368 bits per heavy atom. The average Bonchev–Trinajstić information content (AvgIpc) is 3.98. The van der Waals surface area contributed by atoms with Gasteiger partial charge in [0, 0.05) is 45.7 Å². The Morgan fingerprint density at radius 3 is 1.42 bits per heavy atom. The molecule has 0 radical (unpaired) electrons. The lowest BCUT2D eigenvalue weighted by atomic mass is 9.70. The molecule has 13 rings (SSSR count). The van der Waals surface area contributed by atoms with Crippen molar-refractivity contribution in [3.05, 3.63) is 193 Å². The van der Waals surface area contributed by atoms with Gasteiger partial charge in [0.1, 0.15) is 16.9 Å². The Morgan fingerprint density at radius 2 is 0.825 bits per heavy atom. The van der Waals surface area contributed by atoms with Gasteiger partial charge >= 0.3 is 0 Å². The minimum absolute atomic E-state index is 0.421. The number of rotatable bonds is 3. The molecular weight excluding hydrogens is 701 g/mol. The molecule has 0 aliphatic heterocycles. The van der Waals surface area contributed by atoms with Crippen LogP contribution in [0.1, 0.15) is 22.3 Å². The summed E-state index contributed by atoms with van der Waals surface area (Å²) in [5.74, 6) is 1.41. The molecule has 8 nitrogen and oxygen atoms in total. The summed E-state index contributed by atoms with van der Waals surface area (Å²) in [5.41, 5.74) is 13.6. The molecule has 0 saturated carbocycles. The SMILES string of the molecule is c1ccc2c(c1)-c1ccccc1C21c2ccccc2-c2ccc(-c3nc(-n4c5ccccc5c5cccnc54)nc(-n4c5ncccc5c5cccnc54)n3)cc21. The fraction of sp³-hybridized carbons (Fsp3) is 0.0204. The zero-order valence-corrected chi connectivity index (χ0v) is 30.2. The molecule has 0 amide bonds. The van der Waals surface area contributed by atoms with Crippen molar-refractivity contribution in [3.63, 3.8) is 0 Å². The van der Waals surface area contributed by atoms with Crippen molar-refractivity contribution in [2.45, 2.75) is 5.41 Å². The van der Waals surface area contributed by atoms with E-state index in [1.807, 2.05) is 39.6 Å². The van der Waals surface area contributed by atoms with Crippen molar-refractivity contribution in [1.29, 1.82) is 0 Å². The topological polar surface area (TPSA) is 87.2 Å². The maximum atomic E-state index is 5.34. The Bertz CT molecular complexity index is 3200. The minimum atomic E-state index is -0.509. The number of benzene rings is 5. The van der Waals surface area contributed by atoms with Gasteiger partial charge in [0.25, 0.3) is 0 Å². The van der Waals surface area contributed by atoms with Gasteiger partial charge in [-0.3, -0.25) is 4.57 Å². The number of hydrogen-bond donors (Lipinski definition) is 0. The van der Waals surface area contributed by atoms with Crippen LogP contribution >= 0.6 is 0 Å². The Kier molecular flexibility index (Phi) is 5.94. The van der Waals surface area contributed by atoms with Crippen LogP contribution in [-0.2, 0) is 5.41 Å². The number of aromatic nitrogens is 8. The van der Waals surface area contributed by atoms with Crippen molar-refractivity contribution in [3.8, 4) is 45.5 Å². The fourth-order valence-corrected chi connectivity index (χ4v) is 9.78. The Labute approximate surface area is 325 Å². The summed E-state index contributed by atoms with van der Waals surface area (Å²) in [7, 11) is 0. The van der Waals surface area contributed by atoms with Crippen LogP contribution < -0.4 is 0 Å². The molecular formula is C49H28N8. The predicted molar refractivity (Wildman–Crippen MR) is 224 cm³/mol. The third-order valence-electron chi connectivity index (χ3n) is 12.0. The molecule has 6 heterocycles. The van der Waals surface area contributed by atoms with Crippen molar-refractivity contribution < 1.29 is 0 Å². The van der Waals surface area contributed by atoms with Crippen LogP contribution in [0.25, 0.3) is 89.5 Å². The van der Waals surface area contributed by atoms with Gasteiger partial charge in [-0.1, -0.05) is 103 Å². The summed E-state index contributed by atoms with van der Waals surface area (Å²) in [6.45, 7) is 0. The van der Waals surface area contributed by atoms with Gasteiger partial charge in [0.15, 0.2) is 5.82 Å². The summed E-state index contributed by atoms with van der Waals surface area (Å²) in [4.78, 5) is 30.5. The quantitative estimate of drug-likeness (QED) is 0.180. The minimum Gasteiger partial charge on any atom is -0.262 e. The molecule has 0 fully saturated rings. The smallest absolute Gasteiger partial charge is 0.242 e. The van der Waals surface area contributed by atoms with Gasteiger partial charge in [-0.15, -0.1) is 0 Å². The number of para-hydroxylation sites is 1. The van der Waals surface area contributed by atoms with Crippen LogP contribution in [-0.4, -0.2) is 39.0 Å². The average molecular weight is 729 g/mol. The largest absolute Gasteiger partial charge is 0.262 e. The second kappa shape index (κ2) is 11.1. The highest BCUT2D eigenvalue weighted by molar-refractivity contribution is 6.08. The summed E-state index contributed by atoms with van der Waals surface area (Å²) in [5, 5.41) is 4.03. The molecule has 2 aliphatic rings. The normalized spacial score (nSPS) is 13.4. The standard InChI is InChI=1S/C49H28N8/c1-5-19-38-30(12-1)31-13-2-6-20-39(31)49(38)40-21-7-3-14-32(40)33-24-23-29(28-41(33)49)43-53-47(56-42-22-8-4-15-34(42)35-16-9-25-50-44(35)56)55-48(54-43)57-45-36(17-10-26-51-45)37-18-11-27-52-46(37)57/h1-28H. The molecule has 0 unspecified atom stereocenters. The van der Waals surface area contributed by atoms with E-state index in [1.54, 1.807) is 12.4 Å². The predicted octanol–water partition coefficient (Wildman–Crippen LogP) is 10.3. The third-order valence-corrected chi connectivity index (χ3v) is 12.0. The van der Waals surface area contributed by atoms with Crippen molar-refractivity contribution >= 4 is 44.0 Å². The molecule has 8 heteroatoms. The molecule has 264 valence electrons. The van der Waals surface area contributed by atoms with Crippen LogP contribution in [0.3, 0.4) is 0 Å². The lowest BCUT2D eigenvalue weighted by Crippen LogP contribution is -2.25. The molecule has 11 aromatic rings. The highest BCUT2D eigenvalue weighted by atomic mass is 15.3. The van der Waals surface area contributed by atoms with Gasteiger partial charge in [0.05, 0.1) is 10.9 Å². The van der Waals surface area contributed by atoms with Crippen LogP contribution in [0.15, 0.2) is 170 Å². The van der Waals surface area contributed by atoms with E-state index in [1.165, 1.54) is 44.5 Å². The summed E-state index contributed by atoms with van der Waals surface area (Å²) in [6, 6.07) is 53.7. The van der Waals surface area contributed by atoms with E-state index >= 15 is 0 Å². The van der Waals surface area contributed by atoms with Crippen LogP contribution in [0.4, 0.5) is 0 Å². The first-order valence-corrected chi connectivity index (χ1v) is 19.0. The lowest BCUT2D eigenvalue weighted by Gasteiger charge is -2.30. The lowest BCUT2D eigenvalue weighted by molar-refractivity contribution is 0.793. The Hall–Kier alpha value is -7.84. The fourth-order valence-electron chi connectivity index (χ4n) is 9.78. The van der Waals surface area contributed by atoms with Crippen LogP contribution in [0.5, 0.6) is 0 Å². The first-order valence-electron chi connectivity index (χ1n) is 19.0. The van der Waals surface area contributed by atoms with Gasteiger partial charge in [-0.05, 0) is 93.0 Å². The van der Waals surface area contributed by atoms with E-state index in [2.05, 4.69) is 127 Å². The maximum Gasteiger partial charge on any atom is 0.242 e. The molecule has 2 aliphatic carbocycles. The Balaban J connectivity index is 1.13. The van der Waals surface area contributed by atoms with E-state index in [-0.39, 0.29) is 0 Å². The summed E-state index contributed by atoms with van der Waals surface area (Å²) < 4.78 is 4.00. The molecule has 1 spiro atoms. The number of hydrogen-bond acceptors (Lipinski definition) is 6. The highest BCUT2D eigenvalue weighted by Gasteiger charge is 2.51. The van der Waals surface area contributed by atoms with Crippen LogP contribution in [0.2, 0.25) is 0 Å². The van der Waals surface area contributed by atoms with E-state index in [0.29, 0.717) is 17.7 Å². The third kappa shape index (κ3) is 3.90. The van der Waals surface area contributed by atoms with E-state index in [4.69, 9.17) is 29.9 Å². The molecule has 57 heavy (non-hydrogen) atoms. The monoisotopic (exact) mass is 728 g/mol. The first kappa shape index (κ1) is 30.5. The molecule has 5 aromatic carbocycles. The van der Waals surface area contributed by atoms with Gasteiger partial charge < -0.3 is 0 Å². The number of nitrogens with zero attached hydrogens (tertiary/aromatic N) is 8.